The number of halogens is 1. The van der Waals surface area contributed by atoms with Gasteiger partial charge in [0.2, 0.25) is 0 Å². The molecular weight excluding hydrogens is 274 g/mol. The van der Waals surface area contributed by atoms with Crippen LogP contribution in [0.1, 0.15) is 23.7 Å². The molecule has 1 aromatic carbocycles. The Morgan fingerprint density at radius 3 is 2.65 bits per heavy atom. The molecular formula is C15H18ClN3O. The molecule has 2 rings (SSSR count). The minimum atomic E-state index is -0.0431. The molecule has 1 heterocycles. The van der Waals surface area contributed by atoms with E-state index in [9.17, 15) is 4.79 Å². The van der Waals surface area contributed by atoms with Crippen molar-refractivity contribution in [3.63, 3.8) is 0 Å². The molecule has 1 saturated heterocycles. The second-order valence-corrected chi connectivity index (χ2v) is 5.33. The van der Waals surface area contributed by atoms with Gasteiger partial charge in [0.25, 0.3) is 5.91 Å². The fourth-order valence-electron chi connectivity index (χ4n) is 2.47. The highest BCUT2D eigenvalue weighted by Crippen LogP contribution is 2.15. The van der Waals surface area contributed by atoms with Crippen LogP contribution in [0.25, 0.3) is 0 Å². The van der Waals surface area contributed by atoms with E-state index in [0.717, 1.165) is 19.5 Å². The van der Waals surface area contributed by atoms with Gasteiger partial charge in [0.15, 0.2) is 0 Å². The molecule has 0 bridgehead atoms. The van der Waals surface area contributed by atoms with Crippen LogP contribution in [-0.2, 0) is 0 Å². The van der Waals surface area contributed by atoms with Gasteiger partial charge >= 0.3 is 0 Å². The van der Waals surface area contributed by atoms with Crippen molar-refractivity contribution in [3.8, 4) is 6.07 Å². The lowest BCUT2D eigenvalue weighted by Crippen LogP contribution is -2.51. The summed E-state index contributed by atoms with van der Waals surface area (Å²) < 4.78 is 0. The number of piperazine rings is 1. The van der Waals surface area contributed by atoms with E-state index in [2.05, 4.69) is 11.0 Å². The number of carbonyl (C=O) groups excluding carboxylic acids is 1. The lowest BCUT2D eigenvalue weighted by molar-refractivity contribution is 0.0604. The Hall–Kier alpha value is -1.57. The smallest absolute Gasteiger partial charge is 0.253 e. The number of amides is 1. The maximum atomic E-state index is 12.4. The Kier molecular flexibility index (Phi) is 4.99. The second-order valence-electron chi connectivity index (χ2n) is 4.89. The normalized spacial score (nSPS) is 17.6. The molecule has 1 aliphatic rings. The summed E-state index contributed by atoms with van der Waals surface area (Å²) in [6.45, 7) is 4.82. The summed E-state index contributed by atoms with van der Waals surface area (Å²) in [5.74, 6) is 0.0113. The summed E-state index contributed by atoms with van der Waals surface area (Å²) in [7, 11) is 0. The third kappa shape index (κ3) is 3.30. The van der Waals surface area contributed by atoms with E-state index in [0.29, 0.717) is 23.7 Å². The van der Waals surface area contributed by atoms with E-state index >= 15 is 0 Å². The summed E-state index contributed by atoms with van der Waals surface area (Å²) in [5, 5.41) is 9.65. The van der Waals surface area contributed by atoms with Crippen molar-refractivity contribution in [1.29, 1.82) is 5.26 Å². The quantitative estimate of drug-likeness (QED) is 0.859. The number of carbonyl (C=O) groups is 1. The van der Waals surface area contributed by atoms with Crippen LogP contribution in [0.4, 0.5) is 0 Å². The number of hydrogen-bond donors (Lipinski definition) is 0. The Morgan fingerprint density at radius 2 is 2.10 bits per heavy atom. The highest BCUT2D eigenvalue weighted by molar-refractivity contribution is 6.30. The molecule has 0 N–H and O–H groups in total. The predicted molar refractivity (Wildman–Crippen MR) is 78.6 cm³/mol. The Balaban J connectivity index is 1.97. The first kappa shape index (κ1) is 14.8. The average Bonchev–Trinajstić information content (AvgIpc) is 2.48. The van der Waals surface area contributed by atoms with Gasteiger partial charge in [-0.25, -0.2) is 0 Å². The summed E-state index contributed by atoms with van der Waals surface area (Å²) in [4.78, 5) is 16.3. The maximum absolute atomic E-state index is 12.4. The molecule has 1 aromatic rings. The van der Waals surface area contributed by atoms with E-state index in [4.69, 9.17) is 16.9 Å². The molecule has 0 saturated carbocycles. The van der Waals surface area contributed by atoms with Crippen LogP contribution in [0.2, 0.25) is 5.02 Å². The Morgan fingerprint density at radius 1 is 1.40 bits per heavy atom. The van der Waals surface area contributed by atoms with Crippen LogP contribution < -0.4 is 0 Å². The van der Waals surface area contributed by atoms with Crippen LogP contribution in [0, 0.1) is 11.3 Å². The van der Waals surface area contributed by atoms with Crippen molar-refractivity contribution < 1.29 is 4.79 Å². The van der Waals surface area contributed by atoms with Crippen LogP contribution in [0.15, 0.2) is 24.3 Å². The molecule has 106 valence electrons. The fourth-order valence-corrected chi connectivity index (χ4v) is 2.66. The van der Waals surface area contributed by atoms with E-state index in [1.54, 1.807) is 24.3 Å². The second kappa shape index (κ2) is 6.74. The monoisotopic (exact) mass is 291 g/mol. The molecule has 1 atom stereocenters. The summed E-state index contributed by atoms with van der Waals surface area (Å²) >= 11 is 5.92. The first-order valence-electron chi connectivity index (χ1n) is 6.84. The first-order chi connectivity index (χ1) is 9.65. The van der Waals surface area contributed by atoms with Crippen molar-refractivity contribution in [2.45, 2.75) is 19.4 Å². The molecule has 1 amide bonds. The van der Waals surface area contributed by atoms with Gasteiger partial charge < -0.3 is 4.90 Å². The van der Waals surface area contributed by atoms with Gasteiger partial charge in [-0.3, -0.25) is 9.69 Å². The fraction of sp³-hybridized carbons (Fsp3) is 0.467. The SMILES string of the molecule is CCC(C#N)N1CCN(C(=O)c2cccc(Cl)c2)CC1. The zero-order valence-electron chi connectivity index (χ0n) is 11.6. The van der Waals surface area contributed by atoms with Gasteiger partial charge in [-0.2, -0.15) is 5.26 Å². The van der Waals surface area contributed by atoms with Gasteiger partial charge in [0, 0.05) is 36.8 Å². The molecule has 4 nitrogen and oxygen atoms in total. The highest BCUT2D eigenvalue weighted by atomic mass is 35.5. The molecule has 0 aliphatic carbocycles. The van der Waals surface area contributed by atoms with Crippen molar-refractivity contribution in [1.82, 2.24) is 9.80 Å². The Labute approximate surface area is 124 Å². The van der Waals surface area contributed by atoms with E-state index in [1.165, 1.54) is 0 Å². The van der Waals surface area contributed by atoms with Crippen LogP contribution >= 0.6 is 11.6 Å². The van der Waals surface area contributed by atoms with Crippen LogP contribution in [0.5, 0.6) is 0 Å². The number of nitrogens with zero attached hydrogens (tertiary/aromatic N) is 3. The van der Waals surface area contributed by atoms with E-state index < -0.39 is 0 Å². The third-order valence-corrected chi connectivity index (χ3v) is 3.88. The molecule has 5 heteroatoms. The van der Waals surface area contributed by atoms with Crippen molar-refractivity contribution in [3.05, 3.63) is 34.9 Å². The lowest BCUT2D eigenvalue weighted by Gasteiger charge is -2.36. The summed E-state index contributed by atoms with van der Waals surface area (Å²) in [6.07, 6.45) is 0.818. The number of benzene rings is 1. The molecule has 1 fully saturated rings. The molecule has 20 heavy (non-hydrogen) atoms. The van der Waals surface area contributed by atoms with Gasteiger partial charge in [0.05, 0.1) is 12.1 Å². The molecule has 1 unspecified atom stereocenters. The minimum Gasteiger partial charge on any atom is -0.336 e. The van der Waals surface area contributed by atoms with Gasteiger partial charge in [-0.1, -0.05) is 24.6 Å². The van der Waals surface area contributed by atoms with Gasteiger partial charge in [-0.15, -0.1) is 0 Å². The van der Waals surface area contributed by atoms with E-state index in [1.807, 2.05) is 11.8 Å². The summed E-state index contributed by atoms with van der Waals surface area (Å²) in [6, 6.07) is 9.29. The highest BCUT2D eigenvalue weighted by Gasteiger charge is 2.25. The Bertz CT molecular complexity index is 518. The van der Waals surface area contributed by atoms with Crippen molar-refractivity contribution in [2.24, 2.45) is 0 Å². The number of rotatable bonds is 3. The number of hydrogen-bond acceptors (Lipinski definition) is 3. The van der Waals surface area contributed by atoms with Crippen LogP contribution in [-0.4, -0.2) is 47.9 Å². The summed E-state index contributed by atoms with van der Waals surface area (Å²) in [5.41, 5.74) is 0.623. The molecule has 0 spiro atoms. The molecule has 0 aromatic heterocycles. The zero-order valence-corrected chi connectivity index (χ0v) is 12.3. The maximum Gasteiger partial charge on any atom is 0.253 e. The van der Waals surface area contributed by atoms with Crippen LogP contribution in [0.3, 0.4) is 0 Å². The number of nitriles is 1. The standard InChI is InChI=1S/C15H18ClN3O/c1-2-14(11-17)18-6-8-19(9-7-18)15(20)12-4-3-5-13(16)10-12/h3-5,10,14H,2,6-9H2,1H3. The van der Waals surface area contributed by atoms with E-state index in [-0.39, 0.29) is 11.9 Å². The van der Waals surface area contributed by atoms with Gasteiger partial charge in [-0.05, 0) is 24.6 Å². The predicted octanol–water partition coefficient (Wildman–Crippen LogP) is 2.40. The van der Waals surface area contributed by atoms with Gasteiger partial charge in [0.1, 0.15) is 0 Å². The topological polar surface area (TPSA) is 47.3 Å². The minimum absolute atomic E-state index is 0.0113. The third-order valence-electron chi connectivity index (χ3n) is 3.65. The van der Waals surface area contributed by atoms with Crippen molar-refractivity contribution >= 4 is 17.5 Å². The molecule has 1 aliphatic heterocycles. The molecule has 0 radical (unpaired) electrons. The zero-order chi connectivity index (χ0) is 14.5. The largest absolute Gasteiger partial charge is 0.336 e. The average molecular weight is 292 g/mol. The van der Waals surface area contributed by atoms with Crippen molar-refractivity contribution in [2.75, 3.05) is 26.2 Å². The lowest BCUT2D eigenvalue weighted by atomic mass is 10.1. The first-order valence-corrected chi connectivity index (χ1v) is 7.22.